The zero-order valence-electron chi connectivity index (χ0n) is 17.3. The first-order chi connectivity index (χ1) is 15.4. The van der Waals surface area contributed by atoms with Crippen LogP contribution in [0.15, 0.2) is 46.4 Å². The number of carbonyl (C=O) groups is 3. The molecule has 1 aromatic carbocycles. The number of furan rings is 1. The van der Waals surface area contributed by atoms with Crippen LogP contribution in [-0.4, -0.2) is 32.3 Å². The third-order valence-corrected chi connectivity index (χ3v) is 5.50. The van der Waals surface area contributed by atoms with E-state index in [9.17, 15) is 14.4 Å². The second kappa shape index (κ2) is 9.02. The molecule has 0 bridgehead atoms. The average molecular weight is 452 g/mol. The Balaban J connectivity index is 1.31. The molecule has 0 aliphatic rings. The molecular weight excluding hydrogens is 432 g/mol. The summed E-state index contributed by atoms with van der Waals surface area (Å²) < 4.78 is 7.07. The van der Waals surface area contributed by atoms with Crippen LogP contribution in [0.3, 0.4) is 0 Å². The molecule has 0 unspecified atom stereocenters. The number of nitrogens with one attached hydrogen (secondary N) is 3. The second-order valence-electron chi connectivity index (χ2n) is 6.86. The highest BCUT2D eigenvalue weighted by molar-refractivity contribution is 7.14. The van der Waals surface area contributed by atoms with E-state index in [2.05, 4.69) is 30.7 Å². The maximum Gasteiger partial charge on any atom is 0.293 e. The number of anilines is 1. The van der Waals surface area contributed by atoms with Crippen LogP contribution >= 0.6 is 11.3 Å². The Hall–Kier alpha value is -3.99. The van der Waals surface area contributed by atoms with E-state index in [-0.39, 0.29) is 12.2 Å². The normalized spacial score (nSPS) is 10.8. The lowest BCUT2D eigenvalue weighted by Crippen LogP contribution is -2.42. The van der Waals surface area contributed by atoms with Crippen molar-refractivity contribution in [3.05, 3.63) is 64.8 Å². The predicted molar refractivity (Wildman–Crippen MR) is 118 cm³/mol. The summed E-state index contributed by atoms with van der Waals surface area (Å²) in [5, 5.41) is 4.59. The first-order valence-electron chi connectivity index (χ1n) is 9.80. The molecule has 11 heteroatoms. The second-order valence-corrected chi connectivity index (χ2v) is 7.72. The highest BCUT2D eigenvalue weighted by Gasteiger charge is 2.14. The van der Waals surface area contributed by atoms with Gasteiger partial charge < -0.3 is 8.98 Å². The van der Waals surface area contributed by atoms with Gasteiger partial charge in [0.05, 0.1) is 29.4 Å². The minimum absolute atomic E-state index is 0.0630. The summed E-state index contributed by atoms with van der Waals surface area (Å²) in [5.74, 6) is -0.287. The Morgan fingerprint density at radius 2 is 1.97 bits per heavy atom. The molecule has 4 rings (SSSR count). The van der Waals surface area contributed by atoms with E-state index in [0.717, 1.165) is 23.4 Å². The number of nitrogens with zero attached hydrogens (tertiary/aromatic N) is 3. The number of aryl methyl sites for hydroxylation is 2. The Bertz CT molecular complexity index is 1290. The van der Waals surface area contributed by atoms with E-state index >= 15 is 0 Å². The monoisotopic (exact) mass is 452 g/mol. The van der Waals surface area contributed by atoms with Crippen LogP contribution in [0.25, 0.3) is 11.0 Å². The SMILES string of the molecule is CCn1c(C)nc2cc(C(=O)NNC(=O)Cc3csc(NC(=O)c4ccco4)n3)ccc21. The van der Waals surface area contributed by atoms with E-state index in [0.29, 0.717) is 16.4 Å². The number of amides is 3. The molecule has 164 valence electrons. The molecule has 32 heavy (non-hydrogen) atoms. The Labute approximate surface area is 186 Å². The van der Waals surface area contributed by atoms with Crippen LogP contribution in [0, 0.1) is 6.92 Å². The van der Waals surface area contributed by atoms with Gasteiger partial charge in [-0.2, -0.15) is 0 Å². The van der Waals surface area contributed by atoms with Crippen molar-refractivity contribution in [3.63, 3.8) is 0 Å². The molecule has 0 fully saturated rings. The van der Waals surface area contributed by atoms with E-state index in [1.807, 2.05) is 19.9 Å². The smallest absolute Gasteiger partial charge is 0.293 e. The molecule has 0 aliphatic carbocycles. The summed E-state index contributed by atoms with van der Waals surface area (Å²) in [6.45, 7) is 4.73. The average Bonchev–Trinajstić information content (AvgIpc) is 3.51. The highest BCUT2D eigenvalue weighted by Crippen LogP contribution is 2.18. The Morgan fingerprint density at radius 3 is 2.72 bits per heavy atom. The van der Waals surface area contributed by atoms with Gasteiger partial charge in [-0.3, -0.25) is 30.6 Å². The number of hydrogen-bond donors (Lipinski definition) is 3. The van der Waals surface area contributed by atoms with Gasteiger partial charge in [-0.15, -0.1) is 11.3 Å². The lowest BCUT2D eigenvalue weighted by Gasteiger charge is -2.07. The number of hydrazine groups is 1. The maximum atomic E-state index is 12.4. The fourth-order valence-electron chi connectivity index (χ4n) is 3.21. The van der Waals surface area contributed by atoms with Crippen molar-refractivity contribution in [1.82, 2.24) is 25.4 Å². The predicted octanol–water partition coefficient (Wildman–Crippen LogP) is 2.67. The fraction of sp³-hybridized carbons (Fsp3) is 0.190. The van der Waals surface area contributed by atoms with Gasteiger partial charge >= 0.3 is 0 Å². The van der Waals surface area contributed by atoms with Crippen molar-refractivity contribution in [2.45, 2.75) is 26.8 Å². The molecule has 4 aromatic rings. The van der Waals surface area contributed by atoms with Crippen molar-refractivity contribution in [3.8, 4) is 0 Å². The van der Waals surface area contributed by atoms with Gasteiger partial charge in [0.2, 0.25) is 5.91 Å². The Kier molecular flexibility index (Phi) is 5.99. The zero-order chi connectivity index (χ0) is 22.7. The minimum atomic E-state index is -0.450. The van der Waals surface area contributed by atoms with Crippen LogP contribution in [0.5, 0.6) is 0 Å². The molecular formula is C21H20N6O4S. The van der Waals surface area contributed by atoms with E-state index in [1.54, 1.807) is 23.6 Å². The van der Waals surface area contributed by atoms with Gasteiger partial charge in [0.1, 0.15) is 5.82 Å². The summed E-state index contributed by atoms with van der Waals surface area (Å²) >= 11 is 1.18. The number of carbonyl (C=O) groups excluding carboxylic acids is 3. The molecule has 0 atom stereocenters. The molecule has 10 nitrogen and oxygen atoms in total. The van der Waals surface area contributed by atoms with Gasteiger partial charge in [0, 0.05) is 17.5 Å². The lowest BCUT2D eigenvalue weighted by molar-refractivity contribution is -0.121. The number of benzene rings is 1. The van der Waals surface area contributed by atoms with Crippen molar-refractivity contribution < 1.29 is 18.8 Å². The van der Waals surface area contributed by atoms with Gasteiger partial charge in [-0.1, -0.05) is 0 Å². The van der Waals surface area contributed by atoms with Gasteiger partial charge in [-0.05, 0) is 44.2 Å². The maximum absolute atomic E-state index is 12.4. The molecule has 0 aliphatic heterocycles. The number of fused-ring (bicyclic) bond motifs is 1. The van der Waals surface area contributed by atoms with E-state index in [1.165, 1.54) is 23.7 Å². The Morgan fingerprint density at radius 1 is 1.12 bits per heavy atom. The van der Waals surface area contributed by atoms with Gasteiger partial charge in [0.25, 0.3) is 11.8 Å². The summed E-state index contributed by atoms with van der Waals surface area (Å²) in [4.78, 5) is 45.2. The van der Waals surface area contributed by atoms with Crippen molar-refractivity contribution in [1.29, 1.82) is 0 Å². The molecule has 3 aromatic heterocycles. The van der Waals surface area contributed by atoms with Gasteiger partial charge in [-0.25, -0.2) is 9.97 Å². The number of thiazole rings is 1. The molecule has 3 amide bonds. The summed E-state index contributed by atoms with van der Waals surface area (Å²) in [7, 11) is 0. The van der Waals surface area contributed by atoms with Gasteiger partial charge in [0.15, 0.2) is 10.9 Å². The largest absolute Gasteiger partial charge is 0.459 e. The fourth-order valence-corrected chi connectivity index (χ4v) is 3.92. The third kappa shape index (κ3) is 4.52. The van der Waals surface area contributed by atoms with Crippen molar-refractivity contribution in [2.75, 3.05) is 5.32 Å². The molecule has 0 spiro atoms. The van der Waals surface area contributed by atoms with Crippen molar-refractivity contribution >= 4 is 45.2 Å². The molecule has 0 radical (unpaired) electrons. The summed E-state index contributed by atoms with van der Waals surface area (Å²) in [6, 6.07) is 8.35. The summed E-state index contributed by atoms with van der Waals surface area (Å²) in [5.41, 5.74) is 7.28. The molecule has 3 N–H and O–H groups in total. The zero-order valence-corrected chi connectivity index (χ0v) is 18.2. The molecule has 3 heterocycles. The topological polar surface area (TPSA) is 131 Å². The number of hydrogen-bond acceptors (Lipinski definition) is 7. The van der Waals surface area contributed by atoms with Crippen LogP contribution in [-0.2, 0) is 17.8 Å². The van der Waals surface area contributed by atoms with Crippen LogP contribution < -0.4 is 16.2 Å². The van der Waals surface area contributed by atoms with Crippen molar-refractivity contribution in [2.24, 2.45) is 0 Å². The quantitative estimate of drug-likeness (QED) is 0.386. The minimum Gasteiger partial charge on any atom is -0.459 e. The number of rotatable bonds is 6. The molecule has 0 saturated carbocycles. The van der Waals surface area contributed by atoms with E-state index in [4.69, 9.17) is 4.42 Å². The number of aromatic nitrogens is 3. The number of imidazole rings is 1. The van der Waals surface area contributed by atoms with Crippen LogP contribution in [0.1, 0.15) is 39.4 Å². The first kappa shape index (κ1) is 21.2. The summed E-state index contributed by atoms with van der Waals surface area (Å²) in [6.07, 6.45) is 1.34. The lowest BCUT2D eigenvalue weighted by atomic mass is 10.2. The molecule has 0 saturated heterocycles. The van der Waals surface area contributed by atoms with Crippen LogP contribution in [0.4, 0.5) is 5.13 Å². The first-order valence-corrected chi connectivity index (χ1v) is 10.7. The standard InChI is InChI=1S/C21H20N6O4S/c1-3-27-12(2)22-15-9-13(6-7-16(15)27)19(29)26-25-18(28)10-14-11-32-21(23-14)24-20(30)17-5-4-8-31-17/h4-9,11H,3,10H2,1-2H3,(H,25,28)(H,26,29)(H,23,24,30). The third-order valence-electron chi connectivity index (χ3n) is 4.69. The van der Waals surface area contributed by atoms with E-state index < -0.39 is 17.7 Å². The van der Waals surface area contributed by atoms with Crippen LogP contribution in [0.2, 0.25) is 0 Å². The highest BCUT2D eigenvalue weighted by atomic mass is 32.1.